The Bertz CT molecular complexity index is 239. The molecule has 0 radical (unpaired) electrons. The van der Waals surface area contributed by atoms with Gasteiger partial charge in [0.2, 0.25) is 6.10 Å². The Morgan fingerprint density at radius 2 is 1.65 bits per heavy atom. The number of hydrogen-bond acceptors (Lipinski definition) is 3. The lowest BCUT2D eigenvalue weighted by atomic mass is 10.1. The second-order valence-electron chi connectivity index (χ2n) is 3.67. The summed E-state index contributed by atoms with van der Waals surface area (Å²) in [6, 6.07) is -0.893. The second kappa shape index (κ2) is 4.99. The molecule has 1 aliphatic heterocycles. The van der Waals surface area contributed by atoms with Crippen molar-refractivity contribution in [2.45, 2.75) is 37.0 Å². The number of rotatable bonds is 2. The van der Waals surface area contributed by atoms with Crippen molar-refractivity contribution in [2.24, 2.45) is 5.73 Å². The van der Waals surface area contributed by atoms with E-state index in [0.29, 0.717) is 0 Å². The van der Waals surface area contributed by atoms with Crippen LogP contribution in [-0.4, -0.2) is 43.8 Å². The third-order valence-electron chi connectivity index (χ3n) is 2.26. The number of halogens is 6. The van der Waals surface area contributed by atoms with Crippen molar-refractivity contribution >= 4 is 0 Å². The summed E-state index contributed by atoms with van der Waals surface area (Å²) in [6.07, 6.45) is -16.1. The van der Waals surface area contributed by atoms with Gasteiger partial charge < -0.3 is 15.2 Å². The number of nitrogens with two attached hydrogens (primary N) is 1. The highest BCUT2D eigenvalue weighted by molar-refractivity contribution is 4.83. The molecule has 0 aromatic carbocycles. The lowest BCUT2D eigenvalue weighted by molar-refractivity contribution is -0.335. The van der Waals surface area contributed by atoms with Crippen LogP contribution in [0, 0.1) is 0 Å². The highest BCUT2D eigenvalue weighted by atomic mass is 19.4. The first-order valence-electron chi connectivity index (χ1n) is 4.74. The third-order valence-corrected chi connectivity index (χ3v) is 2.26. The van der Waals surface area contributed by atoms with Crippen LogP contribution in [0.1, 0.15) is 6.42 Å². The van der Waals surface area contributed by atoms with Crippen LogP contribution in [0.4, 0.5) is 26.3 Å². The van der Waals surface area contributed by atoms with Crippen LogP contribution in [-0.2, 0) is 9.47 Å². The van der Waals surface area contributed by atoms with E-state index >= 15 is 0 Å². The molecule has 0 saturated carbocycles. The van der Waals surface area contributed by atoms with E-state index in [-0.39, 0.29) is 19.6 Å². The molecule has 9 heteroatoms. The Kier molecular flexibility index (Phi) is 4.26. The van der Waals surface area contributed by atoms with E-state index in [1.807, 2.05) is 0 Å². The molecular weight excluding hydrogens is 256 g/mol. The van der Waals surface area contributed by atoms with Crippen LogP contribution in [0.2, 0.25) is 0 Å². The van der Waals surface area contributed by atoms with Crippen molar-refractivity contribution in [1.29, 1.82) is 0 Å². The fraction of sp³-hybridized carbons (Fsp3) is 1.00. The van der Waals surface area contributed by atoms with Gasteiger partial charge in [0.05, 0.1) is 12.7 Å². The topological polar surface area (TPSA) is 44.5 Å². The molecule has 0 amide bonds. The summed E-state index contributed by atoms with van der Waals surface area (Å²) in [5, 5.41) is 0. The van der Waals surface area contributed by atoms with E-state index in [9.17, 15) is 26.3 Å². The monoisotopic (exact) mass is 267 g/mol. The zero-order valence-electron chi connectivity index (χ0n) is 8.52. The number of hydrogen-bond donors (Lipinski definition) is 1. The van der Waals surface area contributed by atoms with Crippen LogP contribution in [0.15, 0.2) is 0 Å². The largest absolute Gasteiger partial charge is 0.423 e. The first-order chi connectivity index (χ1) is 7.62. The summed E-state index contributed by atoms with van der Waals surface area (Å²) in [6.45, 7) is -0.173. The van der Waals surface area contributed by atoms with Gasteiger partial charge >= 0.3 is 12.4 Å². The minimum atomic E-state index is -5.52. The number of ether oxygens (including phenoxy) is 2. The highest BCUT2D eigenvalue weighted by Crippen LogP contribution is 2.36. The quantitative estimate of drug-likeness (QED) is 0.773. The molecule has 2 unspecified atom stereocenters. The van der Waals surface area contributed by atoms with Gasteiger partial charge in [-0.1, -0.05) is 0 Å². The lowest BCUT2D eigenvalue weighted by Gasteiger charge is -2.33. The van der Waals surface area contributed by atoms with Crippen LogP contribution >= 0.6 is 0 Å². The molecule has 17 heavy (non-hydrogen) atoms. The van der Waals surface area contributed by atoms with Crippen LogP contribution in [0.25, 0.3) is 0 Å². The first-order valence-corrected chi connectivity index (χ1v) is 4.74. The molecular formula is C8H11F6NO2. The van der Waals surface area contributed by atoms with Crippen molar-refractivity contribution in [1.82, 2.24) is 0 Å². The van der Waals surface area contributed by atoms with E-state index < -0.39 is 30.6 Å². The van der Waals surface area contributed by atoms with Gasteiger partial charge in [-0.3, -0.25) is 0 Å². The Morgan fingerprint density at radius 3 is 2.06 bits per heavy atom. The van der Waals surface area contributed by atoms with Gasteiger partial charge in [0.1, 0.15) is 0 Å². The van der Waals surface area contributed by atoms with E-state index in [0.717, 1.165) is 0 Å². The van der Waals surface area contributed by atoms with Crippen LogP contribution in [0.5, 0.6) is 0 Å². The molecule has 0 spiro atoms. The molecule has 1 saturated heterocycles. The smallest absolute Gasteiger partial charge is 0.379 e. The van der Waals surface area contributed by atoms with Crippen molar-refractivity contribution in [2.75, 3.05) is 13.2 Å². The number of alkyl halides is 6. The maximum Gasteiger partial charge on any atom is 0.423 e. The summed E-state index contributed by atoms with van der Waals surface area (Å²) in [7, 11) is 0. The van der Waals surface area contributed by atoms with E-state index in [4.69, 9.17) is 10.5 Å². The van der Waals surface area contributed by atoms with Gasteiger partial charge in [-0.2, -0.15) is 26.3 Å². The van der Waals surface area contributed by atoms with Gasteiger partial charge in [0.15, 0.2) is 0 Å². The molecule has 3 nitrogen and oxygen atoms in total. The van der Waals surface area contributed by atoms with Crippen molar-refractivity contribution in [3.05, 3.63) is 0 Å². The molecule has 0 aromatic rings. The van der Waals surface area contributed by atoms with E-state index in [2.05, 4.69) is 4.74 Å². The molecule has 1 heterocycles. The predicted molar refractivity (Wildman–Crippen MR) is 44.2 cm³/mol. The molecule has 1 rings (SSSR count). The maximum absolute atomic E-state index is 12.2. The van der Waals surface area contributed by atoms with Crippen molar-refractivity contribution < 1.29 is 35.8 Å². The Balaban J connectivity index is 2.73. The Labute approximate surface area is 92.8 Å². The molecule has 1 fully saturated rings. The average molecular weight is 267 g/mol. The average Bonchev–Trinajstić information content (AvgIpc) is 2.12. The Hall–Kier alpha value is -0.540. The van der Waals surface area contributed by atoms with Gasteiger partial charge in [-0.05, 0) is 6.42 Å². The summed E-state index contributed by atoms with van der Waals surface area (Å²) in [4.78, 5) is 0. The second-order valence-corrected chi connectivity index (χ2v) is 3.67. The highest BCUT2D eigenvalue weighted by Gasteiger charge is 2.59. The summed E-state index contributed by atoms with van der Waals surface area (Å²) in [5.41, 5.74) is 5.37. The minimum Gasteiger partial charge on any atom is -0.379 e. The fourth-order valence-electron chi connectivity index (χ4n) is 1.38. The third kappa shape index (κ3) is 4.00. The van der Waals surface area contributed by atoms with Gasteiger partial charge in [0.25, 0.3) is 0 Å². The van der Waals surface area contributed by atoms with Crippen LogP contribution < -0.4 is 5.73 Å². The van der Waals surface area contributed by atoms with Gasteiger partial charge in [0, 0.05) is 12.6 Å². The normalized spacial score (nSPS) is 27.5. The fourth-order valence-corrected chi connectivity index (χ4v) is 1.38. The molecule has 1 aliphatic rings. The van der Waals surface area contributed by atoms with E-state index in [1.54, 1.807) is 0 Å². The van der Waals surface area contributed by atoms with Crippen molar-refractivity contribution in [3.63, 3.8) is 0 Å². The lowest BCUT2D eigenvalue weighted by Crippen LogP contribution is -2.53. The zero-order valence-corrected chi connectivity index (χ0v) is 8.52. The summed E-state index contributed by atoms with van der Waals surface area (Å²) in [5.74, 6) is 0. The van der Waals surface area contributed by atoms with Crippen LogP contribution in [0.3, 0.4) is 0 Å². The minimum absolute atomic E-state index is 0.160. The van der Waals surface area contributed by atoms with Gasteiger partial charge in [-0.15, -0.1) is 0 Å². The molecule has 102 valence electrons. The predicted octanol–water partition coefficient (Wildman–Crippen LogP) is 1.61. The first kappa shape index (κ1) is 14.5. The molecule has 0 bridgehead atoms. The molecule has 2 atom stereocenters. The van der Waals surface area contributed by atoms with Gasteiger partial charge in [-0.25, -0.2) is 0 Å². The summed E-state index contributed by atoms with van der Waals surface area (Å²) < 4.78 is 81.8. The SMILES string of the molecule is NC1CCOCC1OC(C(F)(F)F)C(F)(F)F. The van der Waals surface area contributed by atoms with Crippen molar-refractivity contribution in [3.8, 4) is 0 Å². The Morgan fingerprint density at radius 1 is 1.12 bits per heavy atom. The van der Waals surface area contributed by atoms with E-state index in [1.165, 1.54) is 0 Å². The summed E-state index contributed by atoms with van der Waals surface area (Å²) >= 11 is 0. The standard InChI is InChI=1S/C8H11F6NO2/c9-7(10,11)6(8(12,13)14)17-5-3-16-2-1-4(5)15/h4-6H,1-3,15H2. The zero-order chi connectivity index (χ0) is 13.3. The molecule has 2 N–H and O–H groups in total. The maximum atomic E-state index is 12.2. The molecule has 0 aliphatic carbocycles. The molecule has 0 aromatic heterocycles.